The van der Waals surface area contributed by atoms with Gasteiger partial charge in [0, 0.05) is 17.5 Å². The molecular weight excluding hydrogens is 290 g/mol. The average molecular weight is 307 g/mol. The number of sulfonamides is 1. The van der Waals surface area contributed by atoms with Crippen LogP contribution in [0.25, 0.3) is 0 Å². The summed E-state index contributed by atoms with van der Waals surface area (Å²) in [6.45, 7) is 5.87. The summed E-state index contributed by atoms with van der Waals surface area (Å²) in [7, 11) is -3.72. The van der Waals surface area contributed by atoms with Gasteiger partial charge in [-0.25, -0.2) is 17.9 Å². The Labute approximate surface area is 116 Å². The second kappa shape index (κ2) is 6.47. The summed E-state index contributed by atoms with van der Waals surface area (Å²) >= 11 is 0.944. The van der Waals surface area contributed by atoms with Crippen molar-refractivity contribution in [1.29, 1.82) is 0 Å². The highest BCUT2D eigenvalue weighted by Gasteiger charge is 2.23. The molecule has 0 aliphatic carbocycles. The first-order valence-corrected chi connectivity index (χ1v) is 8.01. The van der Waals surface area contributed by atoms with Gasteiger partial charge in [-0.3, -0.25) is 0 Å². The van der Waals surface area contributed by atoms with Crippen molar-refractivity contribution < 1.29 is 23.1 Å². The van der Waals surface area contributed by atoms with Crippen molar-refractivity contribution >= 4 is 27.3 Å². The Hall–Kier alpha value is -0.960. The summed E-state index contributed by atoms with van der Waals surface area (Å²) in [6, 6.07) is 0.801. The summed E-state index contributed by atoms with van der Waals surface area (Å²) < 4.78 is 31.8. The molecule has 1 aromatic heterocycles. The van der Waals surface area contributed by atoms with Crippen molar-refractivity contribution in [2.75, 3.05) is 13.2 Å². The van der Waals surface area contributed by atoms with E-state index < -0.39 is 16.0 Å². The highest BCUT2D eigenvalue weighted by atomic mass is 32.2. The summed E-state index contributed by atoms with van der Waals surface area (Å²) in [5, 5.41) is 8.86. The third-order valence-corrected chi connectivity index (χ3v) is 5.18. The standard InChI is InChI=1S/C11H17NO5S2/c1-4-17-6-7(2)12-19(15,16)10-5-9(11(13)14)18-8(10)3/h5,7,12H,4,6H2,1-3H3,(H,13,14). The van der Waals surface area contributed by atoms with Crippen LogP contribution in [0.2, 0.25) is 0 Å². The van der Waals surface area contributed by atoms with Gasteiger partial charge in [0.15, 0.2) is 0 Å². The van der Waals surface area contributed by atoms with E-state index in [1.54, 1.807) is 13.8 Å². The molecule has 0 aliphatic heterocycles. The summed E-state index contributed by atoms with van der Waals surface area (Å²) in [4.78, 5) is 11.3. The summed E-state index contributed by atoms with van der Waals surface area (Å²) in [6.07, 6.45) is 0. The maximum absolute atomic E-state index is 12.1. The number of carboxylic acid groups (broad SMARTS) is 1. The van der Waals surface area contributed by atoms with E-state index in [4.69, 9.17) is 9.84 Å². The maximum atomic E-state index is 12.1. The quantitative estimate of drug-likeness (QED) is 0.795. The normalized spacial score (nSPS) is 13.4. The van der Waals surface area contributed by atoms with E-state index in [2.05, 4.69) is 4.72 Å². The van der Waals surface area contributed by atoms with E-state index in [1.807, 2.05) is 6.92 Å². The van der Waals surface area contributed by atoms with Gasteiger partial charge in [0.2, 0.25) is 10.0 Å². The van der Waals surface area contributed by atoms with E-state index >= 15 is 0 Å². The van der Waals surface area contributed by atoms with E-state index in [1.165, 1.54) is 6.07 Å². The first-order valence-electron chi connectivity index (χ1n) is 5.71. The van der Waals surface area contributed by atoms with Crippen LogP contribution in [-0.4, -0.2) is 38.7 Å². The molecule has 8 heteroatoms. The zero-order valence-electron chi connectivity index (χ0n) is 11.0. The van der Waals surface area contributed by atoms with Crippen molar-refractivity contribution in [1.82, 2.24) is 4.72 Å². The van der Waals surface area contributed by atoms with Crippen LogP contribution in [-0.2, 0) is 14.8 Å². The molecule has 0 spiro atoms. The van der Waals surface area contributed by atoms with Crippen LogP contribution in [0.4, 0.5) is 0 Å². The smallest absolute Gasteiger partial charge is 0.345 e. The molecule has 0 saturated heterocycles. The van der Waals surface area contributed by atoms with Gasteiger partial charge >= 0.3 is 5.97 Å². The Morgan fingerprint density at radius 2 is 2.21 bits per heavy atom. The SMILES string of the molecule is CCOCC(C)NS(=O)(=O)c1cc(C(=O)O)sc1C. The predicted molar refractivity (Wildman–Crippen MR) is 72.3 cm³/mol. The van der Waals surface area contributed by atoms with Crippen molar-refractivity contribution in [2.45, 2.75) is 31.7 Å². The lowest BCUT2D eigenvalue weighted by Crippen LogP contribution is -2.36. The second-order valence-electron chi connectivity index (χ2n) is 4.02. The largest absolute Gasteiger partial charge is 0.477 e. The molecule has 1 aromatic rings. The molecule has 108 valence electrons. The molecule has 0 amide bonds. The summed E-state index contributed by atoms with van der Waals surface area (Å²) in [5.41, 5.74) is 0. The molecule has 0 bridgehead atoms. The Balaban J connectivity index is 2.91. The number of carboxylic acids is 1. The molecule has 1 unspecified atom stereocenters. The van der Waals surface area contributed by atoms with Gasteiger partial charge in [0.25, 0.3) is 0 Å². The van der Waals surface area contributed by atoms with Gasteiger partial charge in [-0.15, -0.1) is 11.3 Å². The van der Waals surface area contributed by atoms with Gasteiger partial charge in [0.05, 0.1) is 11.5 Å². The predicted octanol–water partition coefficient (Wildman–Crippen LogP) is 1.46. The third-order valence-electron chi connectivity index (χ3n) is 2.30. The first-order chi connectivity index (χ1) is 8.77. The van der Waals surface area contributed by atoms with Crippen molar-refractivity contribution in [3.63, 3.8) is 0 Å². The molecule has 19 heavy (non-hydrogen) atoms. The molecule has 0 saturated carbocycles. The minimum absolute atomic E-state index is 0.00957. The number of rotatable bonds is 7. The molecule has 1 heterocycles. The Kier molecular flexibility index (Phi) is 5.48. The van der Waals surface area contributed by atoms with Gasteiger partial charge in [-0.1, -0.05) is 0 Å². The first kappa shape index (κ1) is 16.1. The number of carbonyl (C=O) groups is 1. The molecule has 0 radical (unpaired) electrons. The Bertz CT molecular complexity index is 549. The van der Waals surface area contributed by atoms with Crippen LogP contribution in [0.15, 0.2) is 11.0 Å². The average Bonchev–Trinajstić information content (AvgIpc) is 2.69. The lowest BCUT2D eigenvalue weighted by molar-refractivity contribution is 0.0702. The topological polar surface area (TPSA) is 92.7 Å². The van der Waals surface area contributed by atoms with Crippen LogP contribution in [0, 0.1) is 6.92 Å². The second-order valence-corrected chi connectivity index (χ2v) is 6.96. The number of thiophene rings is 1. The molecular formula is C11H17NO5S2. The molecule has 2 N–H and O–H groups in total. The van der Waals surface area contributed by atoms with Crippen LogP contribution in [0.5, 0.6) is 0 Å². The molecule has 0 aromatic carbocycles. The number of hydrogen-bond donors (Lipinski definition) is 2. The minimum Gasteiger partial charge on any atom is -0.477 e. The maximum Gasteiger partial charge on any atom is 0.345 e. The van der Waals surface area contributed by atoms with Gasteiger partial charge in [-0.2, -0.15) is 0 Å². The summed E-state index contributed by atoms with van der Waals surface area (Å²) in [5.74, 6) is -1.13. The van der Waals surface area contributed by atoms with E-state index in [0.29, 0.717) is 11.5 Å². The lowest BCUT2D eigenvalue weighted by Gasteiger charge is -2.13. The highest BCUT2D eigenvalue weighted by molar-refractivity contribution is 7.89. The van der Waals surface area contributed by atoms with Crippen LogP contribution in [0.1, 0.15) is 28.4 Å². The fourth-order valence-electron chi connectivity index (χ4n) is 1.49. The number of aromatic carboxylic acids is 1. The van der Waals surface area contributed by atoms with Gasteiger partial charge in [-0.05, 0) is 26.8 Å². The third kappa shape index (κ3) is 4.27. The molecule has 1 rings (SSSR count). The van der Waals surface area contributed by atoms with E-state index in [0.717, 1.165) is 11.3 Å². The lowest BCUT2D eigenvalue weighted by atomic mass is 10.4. The number of aryl methyl sites for hydroxylation is 1. The monoisotopic (exact) mass is 307 g/mol. The van der Waals surface area contributed by atoms with Crippen LogP contribution in [0.3, 0.4) is 0 Å². The molecule has 1 atom stereocenters. The number of nitrogens with one attached hydrogen (secondary N) is 1. The van der Waals surface area contributed by atoms with Crippen LogP contribution < -0.4 is 4.72 Å². The minimum atomic E-state index is -3.72. The fourth-order valence-corrected chi connectivity index (χ4v) is 4.15. The molecule has 6 nitrogen and oxygen atoms in total. The Morgan fingerprint density at radius 3 is 2.68 bits per heavy atom. The van der Waals surface area contributed by atoms with Crippen molar-refractivity contribution in [3.8, 4) is 0 Å². The fraction of sp³-hybridized carbons (Fsp3) is 0.545. The van der Waals surface area contributed by atoms with Gasteiger partial charge in [0.1, 0.15) is 4.88 Å². The van der Waals surface area contributed by atoms with E-state index in [9.17, 15) is 13.2 Å². The van der Waals surface area contributed by atoms with Crippen molar-refractivity contribution in [3.05, 3.63) is 15.8 Å². The van der Waals surface area contributed by atoms with E-state index in [-0.39, 0.29) is 22.4 Å². The van der Waals surface area contributed by atoms with Crippen LogP contribution >= 0.6 is 11.3 Å². The highest BCUT2D eigenvalue weighted by Crippen LogP contribution is 2.25. The molecule has 0 fully saturated rings. The zero-order chi connectivity index (χ0) is 14.6. The number of ether oxygens (including phenoxy) is 1. The number of hydrogen-bond acceptors (Lipinski definition) is 5. The Morgan fingerprint density at radius 1 is 1.58 bits per heavy atom. The zero-order valence-corrected chi connectivity index (χ0v) is 12.6. The van der Waals surface area contributed by atoms with Crippen molar-refractivity contribution in [2.24, 2.45) is 0 Å². The van der Waals surface area contributed by atoms with Gasteiger partial charge < -0.3 is 9.84 Å². The molecule has 0 aliphatic rings.